The SMILES string of the molecule is CCC(NC(=O)N1CCCC(C(C)CC(=O)O)C1)C(C)C. The number of carboxylic acids is 1. The highest BCUT2D eigenvalue weighted by Crippen LogP contribution is 2.26. The Hall–Kier alpha value is -1.26. The normalized spacial score (nSPS) is 22.0. The minimum Gasteiger partial charge on any atom is -0.481 e. The van der Waals surface area contributed by atoms with Gasteiger partial charge in [0.15, 0.2) is 0 Å². The molecule has 1 heterocycles. The molecule has 0 aliphatic carbocycles. The molecule has 0 bridgehead atoms. The quantitative estimate of drug-likeness (QED) is 0.792. The Morgan fingerprint density at radius 2 is 2.00 bits per heavy atom. The van der Waals surface area contributed by atoms with Crippen LogP contribution in [-0.4, -0.2) is 41.1 Å². The fourth-order valence-electron chi connectivity index (χ4n) is 3.09. The van der Waals surface area contributed by atoms with Crippen molar-refractivity contribution in [1.29, 1.82) is 0 Å². The van der Waals surface area contributed by atoms with E-state index in [1.165, 1.54) is 0 Å². The fourth-order valence-corrected chi connectivity index (χ4v) is 3.09. The van der Waals surface area contributed by atoms with Crippen molar-refractivity contribution in [3.05, 3.63) is 0 Å². The van der Waals surface area contributed by atoms with Crippen LogP contribution in [0.4, 0.5) is 4.79 Å². The van der Waals surface area contributed by atoms with Gasteiger partial charge < -0.3 is 15.3 Å². The lowest BCUT2D eigenvalue weighted by Crippen LogP contribution is -2.50. The summed E-state index contributed by atoms with van der Waals surface area (Å²) in [6.07, 6.45) is 3.08. The lowest BCUT2D eigenvalue weighted by atomic mass is 9.85. The number of amides is 2. The van der Waals surface area contributed by atoms with Gasteiger partial charge in [-0.15, -0.1) is 0 Å². The first kappa shape index (κ1) is 17.8. The second-order valence-corrected chi connectivity index (χ2v) is 6.63. The van der Waals surface area contributed by atoms with Crippen LogP contribution in [-0.2, 0) is 4.79 Å². The molecule has 1 aliphatic rings. The van der Waals surface area contributed by atoms with Gasteiger partial charge in [-0.05, 0) is 37.0 Å². The van der Waals surface area contributed by atoms with E-state index in [9.17, 15) is 9.59 Å². The molecule has 1 aliphatic heterocycles. The molecule has 122 valence electrons. The number of nitrogens with one attached hydrogen (secondary N) is 1. The molecule has 3 atom stereocenters. The lowest BCUT2D eigenvalue weighted by molar-refractivity contribution is -0.138. The summed E-state index contributed by atoms with van der Waals surface area (Å²) in [7, 11) is 0. The second-order valence-electron chi connectivity index (χ2n) is 6.63. The smallest absolute Gasteiger partial charge is 0.317 e. The van der Waals surface area contributed by atoms with Crippen LogP contribution < -0.4 is 5.32 Å². The molecule has 0 aromatic heterocycles. The van der Waals surface area contributed by atoms with Crippen LogP contribution in [0.15, 0.2) is 0 Å². The molecule has 2 N–H and O–H groups in total. The predicted molar refractivity (Wildman–Crippen MR) is 83.2 cm³/mol. The van der Waals surface area contributed by atoms with Gasteiger partial charge in [-0.2, -0.15) is 0 Å². The highest BCUT2D eigenvalue weighted by Gasteiger charge is 2.29. The highest BCUT2D eigenvalue weighted by molar-refractivity contribution is 5.74. The van der Waals surface area contributed by atoms with E-state index in [0.717, 1.165) is 25.8 Å². The summed E-state index contributed by atoms with van der Waals surface area (Å²) < 4.78 is 0. The number of hydrogen-bond donors (Lipinski definition) is 2. The molecule has 3 unspecified atom stereocenters. The first-order chi connectivity index (χ1) is 9.85. The fraction of sp³-hybridized carbons (Fsp3) is 0.875. The summed E-state index contributed by atoms with van der Waals surface area (Å²) >= 11 is 0. The van der Waals surface area contributed by atoms with Gasteiger partial charge in [0, 0.05) is 25.6 Å². The predicted octanol–water partition coefficient (Wildman–Crippen LogP) is 2.95. The number of carboxylic acid groups (broad SMARTS) is 1. The van der Waals surface area contributed by atoms with Crippen molar-refractivity contribution in [3.8, 4) is 0 Å². The molecule has 2 amide bonds. The largest absolute Gasteiger partial charge is 0.481 e. The van der Waals surface area contributed by atoms with Crippen LogP contribution in [0.25, 0.3) is 0 Å². The summed E-state index contributed by atoms with van der Waals surface area (Å²) in [5, 5.41) is 12.0. The minimum absolute atomic E-state index is 0.00257. The van der Waals surface area contributed by atoms with Crippen molar-refractivity contribution in [2.45, 2.75) is 59.4 Å². The van der Waals surface area contributed by atoms with Gasteiger partial charge in [-0.3, -0.25) is 4.79 Å². The van der Waals surface area contributed by atoms with E-state index in [1.54, 1.807) is 0 Å². The van der Waals surface area contributed by atoms with Gasteiger partial charge in [0.05, 0.1) is 0 Å². The molecule has 1 rings (SSSR count). The number of piperidine rings is 1. The highest BCUT2D eigenvalue weighted by atomic mass is 16.4. The van der Waals surface area contributed by atoms with E-state index in [-0.39, 0.29) is 24.4 Å². The second kappa shape index (κ2) is 8.25. The molecule has 0 aromatic carbocycles. The molecule has 0 aromatic rings. The number of carbonyl (C=O) groups excluding carboxylic acids is 1. The Morgan fingerprint density at radius 1 is 1.33 bits per heavy atom. The number of aliphatic carboxylic acids is 1. The summed E-state index contributed by atoms with van der Waals surface area (Å²) in [4.78, 5) is 25.1. The Morgan fingerprint density at radius 3 is 2.52 bits per heavy atom. The van der Waals surface area contributed by atoms with Gasteiger partial charge in [0.1, 0.15) is 0 Å². The maximum Gasteiger partial charge on any atom is 0.317 e. The molecule has 0 spiro atoms. The Bertz CT molecular complexity index is 357. The number of urea groups is 1. The van der Waals surface area contributed by atoms with E-state index in [0.29, 0.717) is 18.4 Å². The maximum absolute atomic E-state index is 12.4. The van der Waals surface area contributed by atoms with Gasteiger partial charge in [-0.25, -0.2) is 4.79 Å². The van der Waals surface area contributed by atoms with Crippen molar-refractivity contribution < 1.29 is 14.7 Å². The van der Waals surface area contributed by atoms with Crippen LogP contribution in [0.2, 0.25) is 0 Å². The van der Waals surface area contributed by atoms with Crippen molar-refractivity contribution in [3.63, 3.8) is 0 Å². The molecular weight excluding hydrogens is 268 g/mol. The van der Waals surface area contributed by atoms with E-state index in [4.69, 9.17) is 5.11 Å². The van der Waals surface area contributed by atoms with Crippen molar-refractivity contribution >= 4 is 12.0 Å². The van der Waals surface area contributed by atoms with Gasteiger partial charge in [-0.1, -0.05) is 27.7 Å². The number of rotatable bonds is 6. The Kier molecular flexibility index (Phi) is 6.99. The van der Waals surface area contributed by atoms with Crippen LogP contribution in [0, 0.1) is 17.8 Å². The van der Waals surface area contributed by atoms with Crippen molar-refractivity contribution in [2.75, 3.05) is 13.1 Å². The molecule has 5 nitrogen and oxygen atoms in total. The van der Waals surface area contributed by atoms with Crippen LogP contribution in [0.5, 0.6) is 0 Å². The van der Waals surface area contributed by atoms with E-state index in [2.05, 4.69) is 26.1 Å². The number of carbonyl (C=O) groups is 2. The van der Waals surface area contributed by atoms with Crippen molar-refractivity contribution in [1.82, 2.24) is 10.2 Å². The zero-order chi connectivity index (χ0) is 16.0. The van der Waals surface area contributed by atoms with E-state index < -0.39 is 5.97 Å². The number of likely N-dealkylation sites (tertiary alicyclic amines) is 1. The molecule has 1 saturated heterocycles. The van der Waals surface area contributed by atoms with E-state index in [1.807, 2.05) is 11.8 Å². The first-order valence-electron chi connectivity index (χ1n) is 8.12. The summed E-state index contributed by atoms with van der Waals surface area (Å²) in [6, 6.07) is 0.206. The summed E-state index contributed by atoms with van der Waals surface area (Å²) in [5.74, 6) is 0.0744. The lowest BCUT2D eigenvalue weighted by Gasteiger charge is -2.36. The maximum atomic E-state index is 12.4. The number of hydrogen-bond acceptors (Lipinski definition) is 2. The summed E-state index contributed by atoms with van der Waals surface area (Å²) in [5.41, 5.74) is 0. The van der Waals surface area contributed by atoms with Gasteiger partial charge in [0.2, 0.25) is 0 Å². The third-order valence-electron chi connectivity index (χ3n) is 4.60. The Balaban J connectivity index is 2.55. The first-order valence-corrected chi connectivity index (χ1v) is 8.12. The minimum atomic E-state index is -0.755. The molecule has 5 heteroatoms. The third-order valence-corrected chi connectivity index (χ3v) is 4.60. The average molecular weight is 298 g/mol. The zero-order valence-corrected chi connectivity index (χ0v) is 13.8. The van der Waals surface area contributed by atoms with E-state index >= 15 is 0 Å². The van der Waals surface area contributed by atoms with Crippen LogP contribution in [0.3, 0.4) is 0 Å². The molecule has 0 saturated carbocycles. The third kappa shape index (κ3) is 5.56. The van der Waals surface area contributed by atoms with Crippen LogP contribution >= 0.6 is 0 Å². The molecule has 1 fully saturated rings. The average Bonchev–Trinajstić information content (AvgIpc) is 2.43. The van der Waals surface area contributed by atoms with Crippen molar-refractivity contribution in [2.24, 2.45) is 17.8 Å². The summed E-state index contributed by atoms with van der Waals surface area (Å²) in [6.45, 7) is 9.73. The standard InChI is InChI=1S/C16H30N2O3/c1-5-14(11(2)3)17-16(21)18-8-6-7-13(10-18)12(4)9-15(19)20/h11-14H,5-10H2,1-4H3,(H,17,21)(H,19,20). The van der Waals surface area contributed by atoms with Crippen LogP contribution in [0.1, 0.15) is 53.4 Å². The zero-order valence-electron chi connectivity index (χ0n) is 13.8. The molecule has 0 radical (unpaired) electrons. The number of nitrogens with zero attached hydrogens (tertiary/aromatic N) is 1. The topological polar surface area (TPSA) is 69.6 Å². The van der Waals surface area contributed by atoms with Gasteiger partial charge >= 0.3 is 12.0 Å². The monoisotopic (exact) mass is 298 g/mol. The molecule has 21 heavy (non-hydrogen) atoms. The Labute approximate surface area is 128 Å². The van der Waals surface area contributed by atoms with Gasteiger partial charge in [0.25, 0.3) is 0 Å². The molecular formula is C16H30N2O3.